The van der Waals surface area contributed by atoms with Crippen molar-refractivity contribution in [3.05, 3.63) is 78.0 Å². The van der Waals surface area contributed by atoms with E-state index in [1.54, 1.807) is 0 Å². The average Bonchev–Trinajstić information content (AvgIpc) is 2.88. The summed E-state index contributed by atoms with van der Waals surface area (Å²) in [5.41, 5.74) is 3.23. The molecule has 0 aliphatic carbocycles. The molecule has 0 radical (unpaired) electrons. The highest BCUT2D eigenvalue weighted by atomic mass is 16.5. The molecule has 0 N–H and O–H groups in total. The Balaban J connectivity index is 1.76. The predicted molar refractivity (Wildman–Crippen MR) is 79.1 cm³/mol. The summed E-state index contributed by atoms with van der Waals surface area (Å²) in [5.74, 6) is 0.648. The lowest BCUT2D eigenvalue weighted by Crippen LogP contribution is -1.99. The van der Waals surface area contributed by atoms with Crippen LogP contribution in [-0.4, -0.2) is 9.78 Å². The van der Waals surface area contributed by atoms with Crippen LogP contribution in [0.3, 0.4) is 0 Å². The van der Waals surface area contributed by atoms with E-state index >= 15 is 0 Å². The first-order chi connectivity index (χ1) is 9.83. The monoisotopic (exact) mass is 264 g/mol. The molecule has 0 saturated carbocycles. The van der Waals surface area contributed by atoms with Gasteiger partial charge < -0.3 is 4.74 Å². The van der Waals surface area contributed by atoms with Crippen LogP contribution in [0, 0.1) is 6.92 Å². The maximum absolute atomic E-state index is 5.74. The van der Waals surface area contributed by atoms with Gasteiger partial charge in [0, 0.05) is 11.8 Å². The van der Waals surface area contributed by atoms with Gasteiger partial charge in [0.25, 0.3) is 0 Å². The molecule has 0 saturated heterocycles. The number of ether oxygens (including phenoxy) is 1. The van der Waals surface area contributed by atoms with E-state index in [2.05, 4.69) is 5.10 Å². The van der Waals surface area contributed by atoms with Gasteiger partial charge >= 0.3 is 0 Å². The molecule has 0 amide bonds. The maximum Gasteiger partial charge on any atom is 0.233 e. The highest BCUT2D eigenvalue weighted by molar-refractivity contribution is 5.34. The number of aryl methyl sites for hydroxylation is 1. The van der Waals surface area contributed by atoms with Crippen LogP contribution in [0.25, 0.3) is 5.69 Å². The van der Waals surface area contributed by atoms with Gasteiger partial charge in [-0.2, -0.15) is 0 Å². The van der Waals surface area contributed by atoms with Gasteiger partial charge in [-0.1, -0.05) is 48.5 Å². The Morgan fingerprint density at radius 3 is 2.30 bits per heavy atom. The lowest BCUT2D eigenvalue weighted by molar-refractivity contribution is 0.292. The summed E-state index contributed by atoms with van der Waals surface area (Å²) in [6.45, 7) is 2.56. The Kier molecular flexibility index (Phi) is 3.50. The fourth-order valence-corrected chi connectivity index (χ4v) is 2.08. The zero-order chi connectivity index (χ0) is 13.8. The third kappa shape index (κ3) is 2.72. The number of aromatic nitrogens is 2. The van der Waals surface area contributed by atoms with Crippen molar-refractivity contribution < 1.29 is 4.74 Å². The SMILES string of the molecule is Cc1cc(OCc2ccccc2)nn1-c1ccccc1. The molecular formula is C17H16N2O. The van der Waals surface area contributed by atoms with E-state index in [0.29, 0.717) is 12.5 Å². The van der Waals surface area contributed by atoms with Crippen LogP contribution < -0.4 is 4.74 Å². The zero-order valence-electron chi connectivity index (χ0n) is 11.4. The van der Waals surface area contributed by atoms with Crippen molar-refractivity contribution in [1.82, 2.24) is 9.78 Å². The third-order valence-corrected chi connectivity index (χ3v) is 3.10. The molecule has 0 aliphatic heterocycles. The van der Waals surface area contributed by atoms with Crippen molar-refractivity contribution >= 4 is 0 Å². The number of para-hydroxylation sites is 1. The van der Waals surface area contributed by atoms with Gasteiger partial charge in [0.05, 0.1) is 5.69 Å². The van der Waals surface area contributed by atoms with Gasteiger partial charge in [0.2, 0.25) is 5.88 Å². The van der Waals surface area contributed by atoms with Crippen LogP contribution in [0.4, 0.5) is 0 Å². The highest BCUT2D eigenvalue weighted by Gasteiger charge is 2.06. The van der Waals surface area contributed by atoms with Gasteiger partial charge in [0.15, 0.2) is 0 Å². The van der Waals surface area contributed by atoms with Crippen molar-refractivity contribution in [2.24, 2.45) is 0 Å². The molecule has 0 bridgehead atoms. The molecule has 1 aromatic heterocycles. The van der Waals surface area contributed by atoms with E-state index in [-0.39, 0.29) is 0 Å². The van der Waals surface area contributed by atoms with Crippen LogP contribution in [0.5, 0.6) is 5.88 Å². The van der Waals surface area contributed by atoms with Gasteiger partial charge in [-0.3, -0.25) is 0 Å². The Labute approximate surface area is 118 Å². The molecule has 3 heteroatoms. The molecule has 3 rings (SSSR count). The summed E-state index contributed by atoms with van der Waals surface area (Å²) in [6, 6.07) is 22.1. The number of benzene rings is 2. The first-order valence-electron chi connectivity index (χ1n) is 6.62. The summed E-state index contributed by atoms with van der Waals surface area (Å²) in [5, 5.41) is 4.49. The van der Waals surface area contributed by atoms with Crippen LogP contribution in [-0.2, 0) is 6.61 Å². The first kappa shape index (κ1) is 12.5. The van der Waals surface area contributed by atoms with Crippen molar-refractivity contribution in [1.29, 1.82) is 0 Å². The summed E-state index contributed by atoms with van der Waals surface area (Å²) in [4.78, 5) is 0. The molecule has 3 aromatic rings. The molecule has 0 unspecified atom stereocenters. The summed E-state index contributed by atoms with van der Waals surface area (Å²) >= 11 is 0. The van der Waals surface area contributed by atoms with Gasteiger partial charge in [0.1, 0.15) is 6.61 Å². The fourth-order valence-electron chi connectivity index (χ4n) is 2.08. The Morgan fingerprint density at radius 2 is 1.60 bits per heavy atom. The van der Waals surface area contributed by atoms with Crippen LogP contribution in [0.2, 0.25) is 0 Å². The van der Waals surface area contributed by atoms with Crippen LogP contribution in [0.15, 0.2) is 66.7 Å². The standard InChI is InChI=1S/C17H16N2O/c1-14-12-17(20-13-15-8-4-2-5-9-15)18-19(14)16-10-6-3-7-11-16/h2-12H,13H2,1H3. The average molecular weight is 264 g/mol. The minimum Gasteiger partial charge on any atom is -0.472 e. The predicted octanol–water partition coefficient (Wildman–Crippen LogP) is 3.76. The van der Waals surface area contributed by atoms with Crippen molar-refractivity contribution in [2.75, 3.05) is 0 Å². The van der Waals surface area contributed by atoms with E-state index in [0.717, 1.165) is 16.9 Å². The molecule has 0 fully saturated rings. The molecule has 0 atom stereocenters. The smallest absolute Gasteiger partial charge is 0.233 e. The van der Waals surface area contributed by atoms with Crippen LogP contribution in [0.1, 0.15) is 11.3 Å². The van der Waals surface area contributed by atoms with E-state index < -0.39 is 0 Å². The van der Waals surface area contributed by atoms with Crippen molar-refractivity contribution in [3.8, 4) is 11.6 Å². The highest BCUT2D eigenvalue weighted by Crippen LogP contribution is 2.17. The fraction of sp³-hybridized carbons (Fsp3) is 0.118. The maximum atomic E-state index is 5.74. The van der Waals surface area contributed by atoms with E-state index in [1.165, 1.54) is 0 Å². The molecule has 100 valence electrons. The van der Waals surface area contributed by atoms with Crippen LogP contribution >= 0.6 is 0 Å². The lowest BCUT2D eigenvalue weighted by atomic mass is 10.2. The third-order valence-electron chi connectivity index (χ3n) is 3.10. The van der Waals surface area contributed by atoms with Crippen molar-refractivity contribution in [2.45, 2.75) is 13.5 Å². The largest absolute Gasteiger partial charge is 0.472 e. The molecular weight excluding hydrogens is 248 g/mol. The zero-order valence-corrected chi connectivity index (χ0v) is 11.4. The topological polar surface area (TPSA) is 27.1 Å². The molecule has 20 heavy (non-hydrogen) atoms. The summed E-state index contributed by atoms with van der Waals surface area (Å²) in [7, 11) is 0. The number of hydrogen-bond donors (Lipinski definition) is 0. The van der Waals surface area contributed by atoms with E-state index in [9.17, 15) is 0 Å². The Morgan fingerprint density at radius 1 is 0.950 bits per heavy atom. The van der Waals surface area contributed by atoms with Gasteiger partial charge in [-0.15, -0.1) is 5.10 Å². The summed E-state index contributed by atoms with van der Waals surface area (Å²) < 4.78 is 7.63. The van der Waals surface area contributed by atoms with Gasteiger partial charge in [-0.05, 0) is 24.6 Å². The molecule has 1 heterocycles. The minimum absolute atomic E-state index is 0.534. The Bertz CT molecular complexity index is 675. The first-order valence-corrected chi connectivity index (χ1v) is 6.62. The lowest BCUT2D eigenvalue weighted by Gasteiger charge is -2.03. The second kappa shape index (κ2) is 5.61. The number of nitrogens with zero attached hydrogens (tertiary/aromatic N) is 2. The van der Waals surface area contributed by atoms with E-state index in [4.69, 9.17) is 4.74 Å². The number of hydrogen-bond acceptors (Lipinski definition) is 2. The second-order valence-corrected chi connectivity index (χ2v) is 4.65. The molecule has 0 spiro atoms. The second-order valence-electron chi connectivity index (χ2n) is 4.65. The normalized spacial score (nSPS) is 10.4. The summed E-state index contributed by atoms with van der Waals surface area (Å²) in [6.07, 6.45) is 0. The quantitative estimate of drug-likeness (QED) is 0.717. The molecule has 0 aliphatic rings. The Hall–Kier alpha value is -2.55. The van der Waals surface area contributed by atoms with Crippen molar-refractivity contribution in [3.63, 3.8) is 0 Å². The number of rotatable bonds is 4. The van der Waals surface area contributed by atoms with E-state index in [1.807, 2.05) is 78.3 Å². The van der Waals surface area contributed by atoms with Gasteiger partial charge in [-0.25, -0.2) is 4.68 Å². The molecule has 3 nitrogen and oxygen atoms in total. The molecule has 2 aromatic carbocycles. The minimum atomic E-state index is 0.534.